The number of aryl methyl sites for hydroxylation is 1. The molecular weight excluding hydrogens is 543 g/mol. The monoisotopic (exact) mass is 589 g/mol. The van der Waals surface area contributed by atoms with Crippen LogP contribution in [0, 0.1) is 17.3 Å². The third kappa shape index (κ3) is 9.25. The maximum absolute atomic E-state index is 16.1. The SMILES string of the molecule is C=CC(F)(F)c1ccc(CCCC(C2=C(F)C(CCCCC3(CS(C)=O)CCOCC3)=CCCC=N2)C2CC2)cc1. The van der Waals surface area contributed by atoms with Crippen molar-refractivity contribution in [2.24, 2.45) is 22.2 Å². The number of rotatable bonds is 15. The van der Waals surface area contributed by atoms with Crippen LogP contribution in [0.1, 0.15) is 88.2 Å². The van der Waals surface area contributed by atoms with Gasteiger partial charge in [0, 0.05) is 53.7 Å². The Morgan fingerprint density at radius 2 is 1.85 bits per heavy atom. The Labute approximate surface area is 246 Å². The van der Waals surface area contributed by atoms with Crippen LogP contribution in [-0.2, 0) is 27.9 Å². The van der Waals surface area contributed by atoms with Gasteiger partial charge < -0.3 is 4.74 Å². The predicted octanol–water partition coefficient (Wildman–Crippen LogP) is 9.02. The number of ether oxygens (including phenoxy) is 1. The fraction of sp³-hybridized carbons (Fsp3) is 0.618. The van der Waals surface area contributed by atoms with Gasteiger partial charge in [-0.3, -0.25) is 9.20 Å². The van der Waals surface area contributed by atoms with Gasteiger partial charge in [-0.1, -0.05) is 43.3 Å². The Morgan fingerprint density at radius 3 is 2.51 bits per heavy atom. The van der Waals surface area contributed by atoms with Crippen molar-refractivity contribution in [1.29, 1.82) is 0 Å². The van der Waals surface area contributed by atoms with E-state index >= 15 is 4.39 Å². The van der Waals surface area contributed by atoms with Gasteiger partial charge in [0.25, 0.3) is 5.92 Å². The quantitative estimate of drug-likeness (QED) is 0.151. The van der Waals surface area contributed by atoms with Gasteiger partial charge in [-0.2, -0.15) is 8.78 Å². The van der Waals surface area contributed by atoms with Crippen LogP contribution in [-0.4, -0.2) is 35.6 Å². The van der Waals surface area contributed by atoms with Gasteiger partial charge in [-0.25, -0.2) is 4.39 Å². The van der Waals surface area contributed by atoms with E-state index in [1.54, 1.807) is 18.4 Å². The van der Waals surface area contributed by atoms with Crippen LogP contribution in [0.25, 0.3) is 0 Å². The molecule has 2 atom stereocenters. The van der Waals surface area contributed by atoms with Crippen molar-refractivity contribution in [2.75, 3.05) is 25.2 Å². The largest absolute Gasteiger partial charge is 0.381 e. The molecule has 1 aromatic carbocycles. The van der Waals surface area contributed by atoms with Crippen molar-refractivity contribution < 1.29 is 22.1 Å². The molecule has 1 aromatic rings. The Hall–Kier alpha value is -1.99. The summed E-state index contributed by atoms with van der Waals surface area (Å²) in [6, 6.07) is 6.46. The van der Waals surface area contributed by atoms with E-state index in [2.05, 4.69) is 12.7 Å². The molecule has 0 aromatic heterocycles. The number of nitrogens with zero attached hydrogens (tertiary/aromatic N) is 1. The molecule has 4 rings (SSSR count). The van der Waals surface area contributed by atoms with E-state index in [0.717, 1.165) is 107 Å². The molecule has 226 valence electrons. The van der Waals surface area contributed by atoms with Crippen LogP contribution in [0.4, 0.5) is 13.2 Å². The lowest BCUT2D eigenvalue weighted by Gasteiger charge is -2.36. The molecule has 0 amide bonds. The minimum atomic E-state index is -3.02. The highest BCUT2D eigenvalue weighted by molar-refractivity contribution is 7.84. The Morgan fingerprint density at radius 1 is 1.12 bits per heavy atom. The summed E-state index contributed by atoms with van der Waals surface area (Å²) in [6.45, 7) is 4.70. The van der Waals surface area contributed by atoms with E-state index in [1.807, 2.05) is 6.21 Å². The van der Waals surface area contributed by atoms with Crippen LogP contribution >= 0.6 is 0 Å². The molecule has 1 saturated heterocycles. The molecule has 0 bridgehead atoms. The van der Waals surface area contributed by atoms with Crippen molar-refractivity contribution in [1.82, 2.24) is 0 Å². The van der Waals surface area contributed by atoms with Crippen molar-refractivity contribution in [3.05, 3.63) is 71.2 Å². The summed E-state index contributed by atoms with van der Waals surface area (Å²) in [5.74, 6) is -1.89. The first-order chi connectivity index (χ1) is 19.7. The van der Waals surface area contributed by atoms with E-state index in [-0.39, 0.29) is 22.7 Å². The number of halogens is 3. The molecule has 41 heavy (non-hydrogen) atoms. The zero-order chi connectivity index (χ0) is 29.3. The molecule has 0 N–H and O–H groups in total. The summed E-state index contributed by atoms with van der Waals surface area (Å²) in [5.41, 5.74) is 2.45. The van der Waals surface area contributed by atoms with E-state index in [0.29, 0.717) is 24.1 Å². The van der Waals surface area contributed by atoms with E-state index in [9.17, 15) is 13.0 Å². The minimum absolute atomic E-state index is 0.0502. The second kappa shape index (κ2) is 15.0. The van der Waals surface area contributed by atoms with Gasteiger partial charge in [-0.15, -0.1) is 0 Å². The molecule has 3 nitrogen and oxygen atoms in total. The fourth-order valence-corrected chi connectivity index (χ4v) is 7.72. The highest BCUT2D eigenvalue weighted by atomic mass is 32.2. The van der Waals surface area contributed by atoms with E-state index < -0.39 is 16.7 Å². The average molecular weight is 590 g/mol. The van der Waals surface area contributed by atoms with Crippen molar-refractivity contribution in [3.8, 4) is 0 Å². The Balaban J connectivity index is 1.37. The Bertz CT molecular complexity index is 1130. The highest BCUT2D eigenvalue weighted by Crippen LogP contribution is 2.46. The molecular formula is C34H46F3NO2S. The Kier molecular flexibility index (Phi) is 11.6. The van der Waals surface area contributed by atoms with Crippen LogP contribution in [0.5, 0.6) is 0 Å². The summed E-state index contributed by atoms with van der Waals surface area (Å²) >= 11 is 0. The van der Waals surface area contributed by atoms with Crippen molar-refractivity contribution in [3.63, 3.8) is 0 Å². The molecule has 3 aliphatic rings. The lowest BCUT2D eigenvalue weighted by atomic mass is 9.77. The molecule has 0 radical (unpaired) electrons. The van der Waals surface area contributed by atoms with Gasteiger partial charge in [-0.05, 0) is 106 Å². The van der Waals surface area contributed by atoms with Crippen LogP contribution < -0.4 is 0 Å². The predicted molar refractivity (Wildman–Crippen MR) is 164 cm³/mol. The first-order valence-electron chi connectivity index (χ1n) is 15.3. The van der Waals surface area contributed by atoms with Gasteiger partial charge in [0.05, 0.1) is 5.70 Å². The molecule has 1 aliphatic carbocycles. The van der Waals surface area contributed by atoms with Gasteiger partial charge in [0.2, 0.25) is 0 Å². The molecule has 7 heteroatoms. The second-order valence-corrected chi connectivity index (χ2v) is 13.6. The maximum atomic E-state index is 16.1. The summed E-state index contributed by atoms with van der Waals surface area (Å²) in [7, 11) is -0.835. The molecule has 2 aliphatic heterocycles. The lowest BCUT2D eigenvalue weighted by molar-refractivity contribution is 0.0207. The summed E-state index contributed by atoms with van der Waals surface area (Å²) in [4.78, 5) is 4.69. The average Bonchev–Trinajstić information content (AvgIpc) is 3.79. The van der Waals surface area contributed by atoms with Gasteiger partial charge in [0.15, 0.2) is 0 Å². The minimum Gasteiger partial charge on any atom is -0.381 e. The van der Waals surface area contributed by atoms with E-state index in [1.165, 1.54) is 12.1 Å². The molecule has 2 fully saturated rings. The number of benzene rings is 1. The first-order valence-corrected chi connectivity index (χ1v) is 17.1. The first kappa shape index (κ1) is 31.9. The van der Waals surface area contributed by atoms with Crippen LogP contribution in [0.3, 0.4) is 0 Å². The topological polar surface area (TPSA) is 38.7 Å². The number of aliphatic imine (C=N–C) groups is 1. The number of unbranched alkanes of at least 4 members (excludes halogenated alkanes) is 1. The molecule has 2 heterocycles. The maximum Gasteiger partial charge on any atom is 0.291 e. The van der Waals surface area contributed by atoms with Crippen LogP contribution in [0.15, 0.2) is 65.1 Å². The van der Waals surface area contributed by atoms with Crippen LogP contribution in [0.2, 0.25) is 0 Å². The fourth-order valence-electron chi connectivity index (χ4n) is 6.43. The summed E-state index contributed by atoms with van der Waals surface area (Å²) in [5, 5.41) is 0. The lowest BCUT2D eigenvalue weighted by Crippen LogP contribution is -2.34. The smallest absolute Gasteiger partial charge is 0.291 e. The van der Waals surface area contributed by atoms with Gasteiger partial charge in [0.1, 0.15) is 5.83 Å². The normalized spacial score (nSPS) is 21.1. The third-order valence-electron chi connectivity index (χ3n) is 9.01. The zero-order valence-corrected chi connectivity index (χ0v) is 25.3. The number of allylic oxidation sites excluding steroid dienone is 5. The van der Waals surface area contributed by atoms with Crippen molar-refractivity contribution in [2.45, 2.75) is 89.4 Å². The summed E-state index contributed by atoms with van der Waals surface area (Å²) < 4.78 is 61.5. The number of hydrogen-bond acceptors (Lipinski definition) is 3. The molecule has 1 saturated carbocycles. The molecule has 2 unspecified atom stereocenters. The molecule has 0 spiro atoms. The third-order valence-corrected chi connectivity index (χ3v) is 10.0. The number of hydrogen-bond donors (Lipinski definition) is 0. The standard InChI is InChI=1S/C34H46F3NO2S/c1-3-34(36,37)29-17-13-26(14-18-29)9-8-12-30(27-15-16-27)32-31(35)28(11-5-7-22-38-32)10-4-6-19-33(25-41(2)39)20-23-40-24-21-33/h3,11,13-14,17-18,22,27,30H,1,4-10,12,15-16,19-21,23-25H2,2H3. The number of alkyl halides is 2. The van der Waals surface area contributed by atoms with Gasteiger partial charge >= 0.3 is 0 Å². The highest BCUT2D eigenvalue weighted by Gasteiger charge is 2.36. The summed E-state index contributed by atoms with van der Waals surface area (Å²) in [6.07, 6.45) is 18.2. The van der Waals surface area contributed by atoms with Crippen molar-refractivity contribution >= 4 is 17.0 Å². The van der Waals surface area contributed by atoms with E-state index in [4.69, 9.17) is 9.73 Å². The second-order valence-electron chi connectivity index (χ2n) is 12.2. The zero-order valence-electron chi connectivity index (χ0n) is 24.5.